The van der Waals surface area contributed by atoms with Gasteiger partial charge in [0.15, 0.2) is 0 Å². The molecular formula is C24H16ClF2N7O. The van der Waals surface area contributed by atoms with Crippen molar-refractivity contribution in [1.29, 1.82) is 5.26 Å². The number of fused-ring (bicyclic) bond motifs is 3. The summed E-state index contributed by atoms with van der Waals surface area (Å²) in [5.41, 5.74) is 1.58. The van der Waals surface area contributed by atoms with Crippen LogP contribution in [-0.4, -0.2) is 55.6 Å². The number of nitriles is 1. The topological polar surface area (TPSA) is 90.4 Å². The van der Waals surface area contributed by atoms with Crippen LogP contribution in [0.5, 0.6) is 0 Å². The minimum atomic E-state index is -0.851. The van der Waals surface area contributed by atoms with Gasteiger partial charge in [-0.1, -0.05) is 17.7 Å². The Bertz CT molecular complexity index is 1500. The first-order chi connectivity index (χ1) is 16.9. The molecule has 4 aromatic rings. The molecule has 3 aliphatic rings. The van der Waals surface area contributed by atoms with Crippen molar-refractivity contribution in [3.8, 4) is 17.3 Å². The fraction of sp³-hybridized carbons (Fsp3) is 0.208. The van der Waals surface area contributed by atoms with Crippen LogP contribution in [-0.2, 0) is 0 Å². The van der Waals surface area contributed by atoms with Crippen molar-refractivity contribution >= 4 is 28.8 Å². The Kier molecular flexibility index (Phi) is 4.89. The van der Waals surface area contributed by atoms with Crippen LogP contribution in [0.3, 0.4) is 0 Å². The number of pyridine rings is 1. The summed E-state index contributed by atoms with van der Waals surface area (Å²) in [6, 6.07) is 8.91. The summed E-state index contributed by atoms with van der Waals surface area (Å²) in [4.78, 5) is 25.4. The molecule has 7 rings (SSSR count). The lowest BCUT2D eigenvalue weighted by molar-refractivity contribution is 0.00497. The first kappa shape index (κ1) is 21.4. The second-order valence-electron chi connectivity index (χ2n) is 8.54. The van der Waals surface area contributed by atoms with Crippen molar-refractivity contribution < 1.29 is 13.6 Å². The summed E-state index contributed by atoms with van der Waals surface area (Å²) in [6.45, 7) is 1.01. The van der Waals surface area contributed by atoms with Gasteiger partial charge >= 0.3 is 0 Å². The summed E-state index contributed by atoms with van der Waals surface area (Å²) in [6.07, 6.45) is 5.42. The summed E-state index contributed by atoms with van der Waals surface area (Å²) in [7, 11) is 0. The van der Waals surface area contributed by atoms with Crippen LogP contribution in [0.15, 0.2) is 48.9 Å². The molecule has 3 aliphatic heterocycles. The number of aromatic nitrogens is 4. The van der Waals surface area contributed by atoms with E-state index in [1.165, 1.54) is 23.0 Å². The number of hydrogen-bond acceptors (Lipinski definition) is 6. The van der Waals surface area contributed by atoms with Crippen molar-refractivity contribution in [1.82, 2.24) is 24.5 Å². The van der Waals surface area contributed by atoms with Gasteiger partial charge in [0.2, 0.25) is 0 Å². The van der Waals surface area contributed by atoms with E-state index in [4.69, 9.17) is 11.6 Å². The van der Waals surface area contributed by atoms with E-state index in [2.05, 4.69) is 21.1 Å². The number of anilines is 1. The lowest BCUT2D eigenvalue weighted by atomic mass is 9.86. The molecular weight excluding hydrogens is 476 g/mol. The van der Waals surface area contributed by atoms with E-state index < -0.39 is 23.1 Å². The molecule has 1 aromatic carbocycles. The highest BCUT2D eigenvalue weighted by Gasteiger charge is 2.48. The van der Waals surface area contributed by atoms with Gasteiger partial charge in [-0.25, -0.2) is 23.3 Å². The van der Waals surface area contributed by atoms with Crippen LogP contribution in [0, 0.1) is 23.0 Å². The van der Waals surface area contributed by atoms with Gasteiger partial charge in [0.1, 0.15) is 51.0 Å². The Hall–Kier alpha value is -4.10. The zero-order chi connectivity index (χ0) is 24.3. The molecule has 8 nitrogen and oxygen atoms in total. The average Bonchev–Trinajstić information content (AvgIpc) is 3.26. The Morgan fingerprint density at radius 1 is 1.11 bits per heavy atom. The third-order valence-electron chi connectivity index (χ3n) is 6.54. The van der Waals surface area contributed by atoms with E-state index in [1.807, 2.05) is 17.0 Å². The summed E-state index contributed by atoms with van der Waals surface area (Å²) in [5, 5.41) is 13.8. The molecule has 35 heavy (non-hydrogen) atoms. The van der Waals surface area contributed by atoms with Crippen LogP contribution in [0.4, 0.5) is 14.6 Å². The number of piperidine rings is 1. The fourth-order valence-corrected chi connectivity index (χ4v) is 5.12. The highest BCUT2D eigenvalue weighted by atomic mass is 35.5. The standard InChI is InChI=1S/C24H16ClF2N7O/c25-19-12-33-23(14(7-28)9-30-33)22(31-19)13-4-5-20(29-8-13)32-10-15-6-16(11-32)34(15)24(35)21-17(26)2-1-3-18(21)27/h1-5,8-9,12,15-16H,6,10-11H2. The molecule has 2 atom stereocenters. The van der Waals surface area contributed by atoms with E-state index in [9.17, 15) is 18.8 Å². The van der Waals surface area contributed by atoms with E-state index in [1.54, 1.807) is 11.1 Å². The van der Waals surface area contributed by atoms with Gasteiger partial charge < -0.3 is 9.80 Å². The number of carbonyl (C=O) groups is 1. The lowest BCUT2D eigenvalue weighted by Gasteiger charge is -2.56. The molecule has 1 amide bonds. The second-order valence-corrected chi connectivity index (χ2v) is 8.93. The number of hydrogen-bond donors (Lipinski definition) is 0. The Labute approximate surface area is 203 Å². The van der Waals surface area contributed by atoms with Gasteiger partial charge in [-0.2, -0.15) is 10.4 Å². The smallest absolute Gasteiger partial charge is 0.260 e. The molecule has 0 N–H and O–H groups in total. The Balaban J connectivity index is 1.23. The zero-order valence-corrected chi connectivity index (χ0v) is 18.8. The molecule has 11 heteroatoms. The normalized spacial score (nSPS) is 18.9. The van der Waals surface area contributed by atoms with Gasteiger partial charge in [-0.15, -0.1) is 0 Å². The van der Waals surface area contributed by atoms with E-state index in [0.717, 1.165) is 18.6 Å². The molecule has 6 heterocycles. The maximum Gasteiger partial charge on any atom is 0.260 e. The monoisotopic (exact) mass is 491 g/mol. The van der Waals surface area contributed by atoms with Crippen molar-refractivity contribution in [2.75, 3.05) is 18.0 Å². The number of nitrogens with zero attached hydrogens (tertiary/aromatic N) is 7. The first-order valence-electron chi connectivity index (χ1n) is 10.9. The largest absolute Gasteiger partial charge is 0.352 e. The van der Waals surface area contributed by atoms with Crippen molar-refractivity contribution in [2.45, 2.75) is 18.5 Å². The molecule has 0 radical (unpaired) electrons. The molecule has 174 valence electrons. The molecule has 0 spiro atoms. The minimum Gasteiger partial charge on any atom is -0.352 e. The third kappa shape index (κ3) is 3.39. The molecule has 2 unspecified atom stereocenters. The number of piperazine rings is 1. The molecule has 3 saturated heterocycles. The quantitative estimate of drug-likeness (QED) is 0.434. The van der Waals surface area contributed by atoms with Crippen LogP contribution in [0.25, 0.3) is 16.8 Å². The average molecular weight is 492 g/mol. The SMILES string of the molecule is N#Cc1cnn2cc(Cl)nc(-c3ccc(N4CC5CC(C4)N5C(=O)c4c(F)cccc4F)nc3)c12. The summed E-state index contributed by atoms with van der Waals surface area (Å²) < 4.78 is 29.8. The van der Waals surface area contributed by atoms with Crippen molar-refractivity contribution in [3.05, 3.63) is 76.8 Å². The van der Waals surface area contributed by atoms with E-state index in [0.29, 0.717) is 41.2 Å². The van der Waals surface area contributed by atoms with Crippen LogP contribution >= 0.6 is 11.6 Å². The minimum absolute atomic E-state index is 0.152. The van der Waals surface area contributed by atoms with Gasteiger partial charge in [0.05, 0.1) is 24.5 Å². The maximum absolute atomic E-state index is 14.1. The van der Waals surface area contributed by atoms with Gasteiger partial charge in [0, 0.05) is 24.8 Å². The fourth-order valence-electron chi connectivity index (χ4n) is 4.94. The lowest BCUT2D eigenvalue weighted by Crippen LogP contribution is -2.70. The number of rotatable bonds is 3. The predicted molar refractivity (Wildman–Crippen MR) is 123 cm³/mol. The number of amides is 1. The number of carbonyl (C=O) groups excluding carboxylic acids is 1. The van der Waals surface area contributed by atoms with Gasteiger partial charge in [0.25, 0.3) is 5.91 Å². The predicted octanol–water partition coefficient (Wildman–Crippen LogP) is 3.70. The molecule has 0 saturated carbocycles. The summed E-state index contributed by atoms with van der Waals surface area (Å²) in [5.74, 6) is -1.61. The van der Waals surface area contributed by atoms with E-state index >= 15 is 0 Å². The molecule has 0 aliphatic carbocycles. The molecule has 3 aromatic heterocycles. The zero-order valence-electron chi connectivity index (χ0n) is 18.1. The number of halogens is 3. The van der Waals surface area contributed by atoms with Gasteiger partial charge in [-0.05, 0) is 30.7 Å². The highest BCUT2D eigenvalue weighted by Crippen LogP contribution is 2.36. The highest BCUT2D eigenvalue weighted by molar-refractivity contribution is 6.29. The Morgan fingerprint density at radius 2 is 1.86 bits per heavy atom. The van der Waals surface area contributed by atoms with Crippen LogP contribution in [0.1, 0.15) is 22.3 Å². The maximum atomic E-state index is 14.1. The Morgan fingerprint density at radius 3 is 2.51 bits per heavy atom. The first-order valence-corrected chi connectivity index (χ1v) is 11.2. The molecule has 2 bridgehead atoms. The van der Waals surface area contributed by atoms with Crippen molar-refractivity contribution in [3.63, 3.8) is 0 Å². The van der Waals surface area contributed by atoms with Crippen molar-refractivity contribution in [2.24, 2.45) is 0 Å². The summed E-state index contributed by atoms with van der Waals surface area (Å²) >= 11 is 6.14. The van der Waals surface area contributed by atoms with Crippen LogP contribution in [0.2, 0.25) is 5.15 Å². The van der Waals surface area contributed by atoms with E-state index in [-0.39, 0.29) is 17.2 Å². The third-order valence-corrected chi connectivity index (χ3v) is 6.72. The van der Waals surface area contributed by atoms with Crippen LogP contribution < -0.4 is 4.90 Å². The second kappa shape index (κ2) is 7.99. The molecule has 3 fully saturated rings. The number of benzene rings is 1. The van der Waals surface area contributed by atoms with Gasteiger partial charge in [-0.3, -0.25) is 4.79 Å².